The molecule has 1 aromatic carbocycles. The fraction of sp³-hybridized carbons (Fsp3) is 0.450. The van der Waals surface area contributed by atoms with Gasteiger partial charge in [-0.1, -0.05) is 48.8 Å². The van der Waals surface area contributed by atoms with Gasteiger partial charge in [-0.3, -0.25) is 9.59 Å². The van der Waals surface area contributed by atoms with Gasteiger partial charge < -0.3 is 14.6 Å². The fourth-order valence-corrected chi connectivity index (χ4v) is 2.43. The van der Waals surface area contributed by atoms with Gasteiger partial charge in [0.25, 0.3) is 5.91 Å². The van der Waals surface area contributed by atoms with Crippen molar-refractivity contribution in [3.8, 4) is 0 Å². The zero-order valence-electron chi connectivity index (χ0n) is 15.9. The molecule has 0 saturated heterocycles. The molecule has 140 valence electrons. The summed E-state index contributed by atoms with van der Waals surface area (Å²) < 4.78 is 10.4. The first kappa shape index (κ1) is 19.7. The van der Waals surface area contributed by atoms with E-state index in [-0.39, 0.29) is 30.2 Å². The zero-order chi connectivity index (χ0) is 19.3. The molecule has 0 aliphatic carbocycles. The summed E-state index contributed by atoms with van der Waals surface area (Å²) in [5, 5.41) is 6.75. The molecule has 0 aliphatic heterocycles. The Bertz CT molecular complexity index is 747. The Morgan fingerprint density at radius 1 is 1.15 bits per heavy atom. The summed E-state index contributed by atoms with van der Waals surface area (Å²) >= 11 is 0. The van der Waals surface area contributed by atoms with Crippen LogP contribution < -0.4 is 5.32 Å². The van der Waals surface area contributed by atoms with E-state index in [1.807, 2.05) is 45.0 Å². The van der Waals surface area contributed by atoms with Gasteiger partial charge in [0.1, 0.15) is 0 Å². The number of carbonyl (C=O) groups is 2. The first-order valence-electron chi connectivity index (χ1n) is 8.79. The Hall–Kier alpha value is -2.63. The third kappa shape index (κ3) is 5.44. The van der Waals surface area contributed by atoms with Gasteiger partial charge in [-0.05, 0) is 32.3 Å². The highest BCUT2D eigenvalue weighted by Crippen LogP contribution is 2.20. The lowest BCUT2D eigenvalue weighted by atomic mass is 10.0. The Balaban J connectivity index is 2.17. The third-order valence-electron chi connectivity index (χ3n) is 3.87. The Kier molecular flexibility index (Phi) is 6.55. The average molecular weight is 358 g/mol. The summed E-state index contributed by atoms with van der Waals surface area (Å²) in [5.41, 5.74) is 2.63. The molecule has 1 unspecified atom stereocenters. The number of ether oxygens (including phenoxy) is 1. The molecule has 1 atom stereocenters. The first-order valence-corrected chi connectivity index (χ1v) is 8.79. The van der Waals surface area contributed by atoms with E-state index < -0.39 is 11.9 Å². The van der Waals surface area contributed by atoms with Gasteiger partial charge in [0.05, 0.1) is 24.3 Å². The zero-order valence-corrected chi connectivity index (χ0v) is 15.9. The van der Waals surface area contributed by atoms with Gasteiger partial charge in [0.2, 0.25) is 5.76 Å². The van der Waals surface area contributed by atoms with Gasteiger partial charge in [0, 0.05) is 6.07 Å². The van der Waals surface area contributed by atoms with Crippen LogP contribution >= 0.6 is 0 Å². The number of hydrogen-bond donors (Lipinski definition) is 1. The van der Waals surface area contributed by atoms with Crippen molar-refractivity contribution < 1.29 is 18.8 Å². The normalized spacial score (nSPS) is 12.3. The number of nitrogens with one attached hydrogen (secondary N) is 1. The van der Waals surface area contributed by atoms with Crippen LogP contribution in [0.2, 0.25) is 0 Å². The van der Waals surface area contributed by atoms with Crippen LogP contribution in [0.5, 0.6) is 0 Å². The van der Waals surface area contributed by atoms with Gasteiger partial charge >= 0.3 is 5.97 Å². The second kappa shape index (κ2) is 8.65. The molecule has 1 heterocycles. The average Bonchev–Trinajstić information content (AvgIpc) is 3.04. The fourth-order valence-electron chi connectivity index (χ4n) is 2.43. The highest BCUT2D eigenvalue weighted by atomic mass is 16.5. The second-order valence-corrected chi connectivity index (χ2v) is 6.95. The van der Waals surface area contributed by atoms with Crippen molar-refractivity contribution in [2.45, 2.75) is 59.1 Å². The number of carbonyl (C=O) groups excluding carboxylic acids is 2. The topological polar surface area (TPSA) is 81.4 Å². The lowest BCUT2D eigenvalue weighted by molar-refractivity contribution is -0.147. The Labute approximate surface area is 153 Å². The summed E-state index contributed by atoms with van der Waals surface area (Å²) in [4.78, 5) is 24.6. The van der Waals surface area contributed by atoms with Crippen molar-refractivity contribution in [1.82, 2.24) is 10.5 Å². The number of amides is 1. The van der Waals surface area contributed by atoms with Crippen LogP contribution in [-0.4, -0.2) is 23.1 Å². The molecule has 0 spiro atoms. The molecule has 26 heavy (non-hydrogen) atoms. The number of benzene rings is 1. The molecule has 1 aromatic heterocycles. The van der Waals surface area contributed by atoms with Gasteiger partial charge in [-0.15, -0.1) is 0 Å². The molecule has 6 heteroatoms. The van der Waals surface area contributed by atoms with Crippen LogP contribution in [0, 0.1) is 6.92 Å². The lowest BCUT2D eigenvalue weighted by Gasteiger charge is -2.19. The standard InChI is InChI=1S/C20H26N2O4/c1-12(2)16-10-18(26-22-16)20(24)21-17(11-19(23)25-13(3)4)15-8-6-14(5)7-9-15/h6-10,12-13,17H,11H2,1-5H3,(H,21,24). The number of hydrogen-bond acceptors (Lipinski definition) is 5. The van der Waals surface area contributed by atoms with E-state index in [0.29, 0.717) is 5.69 Å². The minimum atomic E-state index is -0.512. The SMILES string of the molecule is Cc1ccc(C(CC(=O)OC(C)C)NC(=O)c2cc(C(C)C)no2)cc1. The first-order chi connectivity index (χ1) is 12.3. The molecule has 0 aliphatic rings. The van der Waals surface area contributed by atoms with E-state index >= 15 is 0 Å². The largest absolute Gasteiger partial charge is 0.463 e. The number of nitrogens with zero attached hydrogens (tertiary/aromatic N) is 1. The number of rotatable bonds is 7. The quantitative estimate of drug-likeness (QED) is 0.759. The minimum Gasteiger partial charge on any atom is -0.463 e. The number of aryl methyl sites for hydroxylation is 1. The maximum atomic E-state index is 12.5. The monoisotopic (exact) mass is 358 g/mol. The van der Waals surface area contributed by atoms with Crippen LogP contribution in [0.25, 0.3) is 0 Å². The third-order valence-corrected chi connectivity index (χ3v) is 3.87. The molecule has 2 aromatic rings. The van der Waals surface area contributed by atoms with Crippen molar-refractivity contribution in [1.29, 1.82) is 0 Å². The van der Waals surface area contributed by atoms with Crippen molar-refractivity contribution in [3.05, 3.63) is 52.9 Å². The van der Waals surface area contributed by atoms with Crippen LogP contribution in [0.4, 0.5) is 0 Å². The molecular formula is C20H26N2O4. The minimum absolute atomic E-state index is 0.0398. The molecular weight excluding hydrogens is 332 g/mol. The smallest absolute Gasteiger partial charge is 0.308 e. The molecule has 0 saturated carbocycles. The van der Waals surface area contributed by atoms with Crippen LogP contribution in [-0.2, 0) is 9.53 Å². The predicted molar refractivity (Wildman–Crippen MR) is 97.8 cm³/mol. The maximum Gasteiger partial charge on any atom is 0.308 e. The summed E-state index contributed by atoms with van der Waals surface area (Å²) in [7, 11) is 0. The molecule has 2 rings (SSSR count). The number of esters is 1. The molecule has 0 bridgehead atoms. The highest BCUT2D eigenvalue weighted by Gasteiger charge is 2.23. The van der Waals surface area contributed by atoms with E-state index in [9.17, 15) is 9.59 Å². The molecule has 1 N–H and O–H groups in total. The summed E-state index contributed by atoms with van der Waals surface area (Å²) in [5.74, 6) is -0.490. The Morgan fingerprint density at radius 2 is 1.81 bits per heavy atom. The summed E-state index contributed by atoms with van der Waals surface area (Å²) in [6, 6.07) is 8.77. The highest BCUT2D eigenvalue weighted by molar-refractivity contribution is 5.92. The van der Waals surface area contributed by atoms with E-state index in [2.05, 4.69) is 10.5 Å². The van der Waals surface area contributed by atoms with Crippen LogP contribution in [0.3, 0.4) is 0 Å². The van der Waals surface area contributed by atoms with E-state index in [4.69, 9.17) is 9.26 Å². The van der Waals surface area contributed by atoms with Crippen molar-refractivity contribution in [3.63, 3.8) is 0 Å². The van der Waals surface area contributed by atoms with E-state index in [0.717, 1.165) is 11.1 Å². The predicted octanol–water partition coefficient (Wildman–Crippen LogP) is 3.92. The second-order valence-electron chi connectivity index (χ2n) is 6.95. The molecule has 0 fully saturated rings. The Morgan fingerprint density at radius 3 is 2.35 bits per heavy atom. The van der Waals surface area contributed by atoms with Crippen LogP contribution in [0.15, 0.2) is 34.9 Å². The van der Waals surface area contributed by atoms with E-state index in [1.165, 1.54) is 0 Å². The van der Waals surface area contributed by atoms with E-state index in [1.54, 1.807) is 19.9 Å². The van der Waals surface area contributed by atoms with Crippen LogP contribution in [0.1, 0.15) is 73.5 Å². The number of aromatic nitrogens is 1. The summed E-state index contributed by atoms with van der Waals surface area (Å²) in [6.07, 6.45) is -0.169. The maximum absolute atomic E-state index is 12.5. The van der Waals surface area contributed by atoms with Crippen molar-refractivity contribution in [2.24, 2.45) is 0 Å². The lowest BCUT2D eigenvalue weighted by Crippen LogP contribution is -2.31. The summed E-state index contributed by atoms with van der Waals surface area (Å²) in [6.45, 7) is 9.50. The van der Waals surface area contributed by atoms with Gasteiger partial charge in [-0.25, -0.2) is 0 Å². The van der Waals surface area contributed by atoms with Crippen molar-refractivity contribution in [2.75, 3.05) is 0 Å². The van der Waals surface area contributed by atoms with Crippen molar-refractivity contribution >= 4 is 11.9 Å². The molecule has 1 amide bonds. The molecule has 6 nitrogen and oxygen atoms in total. The van der Waals surface area contributed by atoms with Gasteiger partial charge in [-0.2, -0.15) is 0 Å². The van der Waals surface area contributed by atoms with Gasteiger partial charge in [0.15, 0.2) is 0 Å². The molecule has 0 radical (unpaired) electrons.